The van der Waals surface area contributed by atoms with Crippen molar-refractivity contribution >= 4 is 39.7 Å². The normalized spacial score (nSPS) is 11.4. The molecule has 0 bridgehead atoms. The number of hydrogen-bond acceptors (Lipinski definition) is 9. The maximum absolute atomic E-state index is 12.5. The molecule has 0 spiro atoms. The van der Waals surface area contributed by atoms with Crippen molar-refractivity contribution in [2.75, 3.05) is 23.1 Å². The molecule has 9 nitrogen and oxygen atoms in total. The molecule has 0 radical (unpaired) electrons. The molecule has 10 heteroatoms. The van der Waals surface area contributed by atoms with Gasteiger partial charge in [0.2, 0.25) is 17.8 Å². The molecule has 0 aliphatic rings. The lowest BCUT2D eigenvalue weighted by molar-refractivity contribution is 0.397. The summed E-state index contributed by atoms with van der Waals surface area (Å²) in [6.45, 7) is 2.86. The molecule has 3 aromatic carbocycles. The van der Waals surface area contributed by atoms with Crippen molar-refractivity contribution in [1.29, 1.82) is 0 Å². The minimum atomic E-state index is -3.93. The molecule has 0 aliphatic carbocycles. The average molecular weight is 517 g/mol. The third kappa shape index (κ3) is 7.12. The molecule has 37 heavy (non-hydrogen) atoms. The van der Waals surface area contributed by atoms with Gasteiger partial charge in [0.25, 0.3) is 10.1 Å². The monoisotopic (exact) mass is 516 g/mol. The summed E-state index contributed by atoms with van der Waals surface area (Å²) in [5.41, 5.74) is 3.15. The van der Waals surface area contributed by atoms with Gasteiger partial charge in [0.05, 0.1) is 7.11 Å². The summed E-state index contributed by atoms with van der Waals surface area (Å²) in [5, 5.41) is 9.56. The molecular formula is C27H28N6O3S. The summed E-state index contributed by atoms with van der Waals surface area (Å²) in [6, 6.07) is 24.7. The number of nitrogens with zero attached hydrogens (tertiary/aromatic N) is 3. The van der Waals surface area contributed by atoms with E-state index in [1.54, 1.807) is 24.3 Å². The van der Waals surface area contributed by atoms with E-state index in [9.17, 15) is 8.42 Å². The second-order valence-electron chi connectivity index (χ2n) is 7.98. The van der Waals surface area contributed by atoms with Crippen LogP contribution in [0.5, 0.6) is 0 Å². The lowest BCUT2D eigenvalue weighted by atomic mass is 10.2. The van der Waals surface area contributed by atoms with Crippen LogP contribution in [0.3, 0.4) is 0 Å². The van der Waals surface area contributed by atoms with Crippen LogP contribution in [0.25, 0.3) is 6.08 Å². The summed E-state index contributed by atoms with van der Waals surface area (Å²) in [4.78, 5) is 13.5. The number of aromatic nitrogens is 3. The predicted octanol–water partition coefficient (Wildman–Crippen LogP) is 5.21. The van der Waals surface area contributed by atoms with Crippen LogP contribution in [0.4, 0.5) is 23.5 Å². The van der Waals surface area contributed by atoms with E-state index in [0.29, 0.717) is 36.2 Å². The van der Waals surface area contributed by atoms with Crippen molar-refractivity contribution < 1.29 is 12.6 Å². The highest BCUT2D eigenvalue weighted by Gasteiger charge is 2.18. The van der Waals surface area contributed by atoms with E-state index in [1.165, 1.54) is 6.07 Å². The lowest BCUT2D eigenvalue weighted by Crippen LogP contribution is -2.11. The standard InChI is InChI=1S/C27H28N6O3S/c1-3-10-22-15-16-23(17-24(22)37(34,35)36-2)30-27-32-25(28-18-20-11-6-4-7-12-20)31-26(33-27)29-19-21-13-8-5-9-14-21/h3-17H,18-19H2,1-2H3,(H3,28,29,30,31,32,33). The van der Waals surface area contributed by atoms with Crippen LogP contribution < -0.4 is 16.0 Å². The van der Waals surface area contributed by atoms with Crippen molar-refractivity contribution in [3.8, 4) is 0 Å². The minimum Gasteiger partial charge on any atom is -0.350 e. The first-order valence-corrected chi connectivity index (χ1v) is 13.0. The number of rotatable bonds is 11. The van der Waals surface area contributed by atoms with Crippen LogP contribution in [-0.2, 0) is 27.4 Å². The number of allylic oxidation sites excluding steroid dienone is 1. The molecule has 0 saturated heterocycles. The fourth-order valence-electron chi connectivity index (χ4n) is 3.51. The van der Waals surface area contributed by atoms with Crippen molar-refractivity contribution in [1.82, 2.24) is 15.0 Å². The first-order valence-electron chi connectivity index (χ1n) is 11.6. The molecular weight excluding hydrogens is 488 g/mol. The van der Waals surface area contributed by atoms with E-state index >= 15 is 0 Å². The quantitative estimate of drug-likeness (QED) is 0.231. The molecule has 4 aromatic rings. The molecule has 4 rings (SSSR count). The zero-order valence-electron chi connectivity index (χ0n) is 20.5. The van der Waals surface area contributed by atoms with Gasteiger partial charge in [0.15, 0.2) is 0 Å². The highest BCUT2D eigenvalue weighted by atomic mass is 32.2. The first-order chi connectivity index (χ1) is 18.0. The number of hydrogen-bond donors (Lipinski definition) is 3. The molecule has 0 aliphatic heterocycles. The van der Waals surface area contributed by atoms with Crippen LogP contribution in [0.2, 0.25) is 0 Å². The van der Waals surface area contributed by atoms with Crippen molar-refractivity contribution in [2.45, 2.75) is 24.9 Å². The number of anilines is 4. The van der Waals surface area contributed by atoms with Gasteiger partial charge in [-0.05, 0) is 35.7 Å². The Morgan fingerprint density at radius 2 is 1.32 bits per heavy atom. The molecule has 0 fully saturated rings. The third-order valence-electron chi connectivity index (χ3n) is 5.33. The summed E-state index contributed by atoms with van der Waals surface area (Å²) >= 11 is 0. The topological polar surface area (TPSA) is 118 Å². The Hall–Kier alpha value is -4.28. The minimum absolute atomic E-state index is 0.0389. The van der Waals surface area contributed by atoms with E-state index < -0.39 is 10.1 Å². The molecule has 0 amide bonds. The molecule has 0 unspecified atom stereocenters. The van der Waals surface area contributed by atoms with E-state index in [4.69, 9.17) is 4.18 Å². The second-order valence-corrected chi connectivity index (χ2v) is 9.66. The van der Waals surface area contributed by atoms with Gasteiger partial charge in [-0.15, -0.1) is 0 Å². The van der Waals surface area contributed by atoms with Gasteiger partial charge >= 0.3 is 0 Å². The van der Waals surface area contributed by atoms with Crippen molar-refractivity contribution in [3.63, 3.8) is 0 Å². The lowest BCUT2D eigenvalue weighted by Gasteiger charge is -2.13. The Labute approximate surface area is 216 Å². The van der Waals surface area contributed by atoms with Gasteiger partial charge in [-0.1, -0.05) is 78.9 Å². The number of benzene rings is 3. The van der Waals surface area contributed by atoms with Gasteiger partial charge in [-0.3, -0.25) is 4.18 Å². The Morgan fingerprint density at radius 1 is 0.784 bits per heavy atom. The average Bonchev–Trinajstić information content (AvgIpc) is 2.93. The fraction of sp³-hybridized carbons (Fsp3) is 0.148. The molecule has 0 saturated carbocycles. The highest BCUT2D eigenvalue weighted by molar-refractivity contribution is 7.86. The predicted molar refractivity (Wildman–Crippen MR) is 146 cm³/mol. The van der Waals surface area contributed by atoms with E-state index in [1.807, 2.05) is 67.6 Å². The van der Waals surface area contributed by atoms with Crippen LogP contribution in [0.1, 0.15) is 23.6 Å². The Bertz CT molecular complexity index is 1400. The summed E-state index contributed by atoms with van der Waals surface area (Å²) < 4.78 is 29.8. The van der Waals surface area contributed by atoms with Gasteiger partial charge in [0, 0.05) is 18.8 Å². The second kappa shape index (κ2) is 12.1. The van der Waals surface area contributed by atoms with E-state index in [0.717, 1.165) is 18.2 Å². The molecule has 3 N–H and O–H groups in total. The summed E-state index contributed by atoms with van der Waals surface area (Å²) in [5.74, 6) is 0.986. The van der Waals surface area contributed by atoms with Gasteiger partial charge in [0.1, 0.15) is 4.90 Å². The summed E-state index contributed by atoms with van der Waals surface area (Å²) in [6.07, 6.45) is 3.47. The maximum atomic E-state index is 12.5. The first kappa shape index (κ1) is 25.8. The molecule has 1 heterocycles. The van der Waals surface area contributed by atoms with E-state index in [-0.39, 0.29) is 10.8 Å². The van der Waals surface area contributed by atoms with Gasteiger partial charge in [-0.2, -0.15) is 23.4 Å². The van der Waals surface area contributed by atoms with Gasteiger partial charge in [-0.25, -0.2) is 0 Å². The smallest absolute Gasteiger partial charge is 0.297 e. The van der Waals surface area contributed by atoms with Crippen LogP contribution in [-0.4, -0.2) is 30.5 Å². The molecule has 0 atom stereocenters. The number of nitrogens with one attached hydrogen (secondary N) is 3. The maximum Gasteiger partial charge on any atom is 0.297 e. The Kier molecular flexibility index (Phi) is 8.44. The van der Waals surface area contributed by atoms with Crippen molar-refractivity contribution in [2.24, 2.45) is 0 Å². The SMILES string of the molecule is CC=Cc1ccc(Nc2nc(NCc3ccccc3)nc(NCc3ccccc3)n2)cc1S(=O)(=O)OC. The molecule has 190 valence electrons. The van der Waals surface area contributed by atoms with Crippen molar-refractivity contribution in [3.05, 3.63) is 102 Å². The zero-order valence-corrected chi connectivity index (χ0v) is 21.4. The van der Waals surface area contributed by atoms with Crippen LogP contribution in [0.15, 0.2) is 89.8 Å². The zero-order chi connectivity index (χ0) is 26.1. The molecule has 1 aromatic heterocycles. The Balaban J connectivity index is 1.62. The largest absolute Gasteiger partial charge is 0.350 e. The third-order valence-corrected chi connectivity index (χ3v) is 6.66. The van der Waals surface area contributed by atoms with E-state index in [2.05, 4.69) is 30.9 Å². The van der Waals surface area contributed by atoms with Crippen LogP contribution in [0, 0.1) is 0 Å². The summed E-state index contributed by atoms with van der Waals surface area (Å²) in [7, 11) is -2.79. The highest BCUT2D eigenvalue weighted by Crippen LogP contribution is 2.25. The Morgan fingerprint density at radius 3 is 1.84 bits per heavy atom. The fourth-order valence-corrected chi connectivity index (χ4v) is 4.38. The van der Waals surface area contributed by atoms with Crippen LogP contribution >= 0.6 is 0 Å². The van der Waals surface area contributed by atoms with Gasteiger partial charge < -0.3 is 16.0 Å².